The van der Waals surface area contributed by atoms with Gasteiger partial charge in [0.15, 0.2) is 0 Å². The molecule has 0 saturated carbocycles. The van der Waals surface area contributed by atoms with Gasteiger partial charge in [-0.05, 0) is 25.6 Å². The minimum atomic E-state index is 0.217. The van der Waals surface area contributed by atoms with Crippen LogP contribution in [0.25, 0.3) is 0 Å². The normalized spacial score (nSPS) is 12.2. The van der Waals surface area contributed by atoms with Crippen molar-refractivity contribution in [3.63, 3.8) is 0 Å². The molecule has 0 rings (SSSR count). The zero-order valence-corrected chi connectivity index (χ0v) is 7.77. The molecule has 0 heterocycles. The van der Waals surface area contributed by atoms with Crippen LogP contribution in [0.15, 0.2) is 36.7 Å². The second kappa shape index (κ2) is 8.08. The molecule has 0 aliphatic heterocycles. The third-order valence-electron chi connectivity index (χ3n) is 1.25. The van der Waals surface area contributed by atoms with Gasteiger partial charge in [-0.3, -0.25) is 0 Å². The smallest absolute Gasteiger partial charge is 0.0465 e. The highest BCUT2D eigenvalue weighted by Gasteiger charge is 1.76. The van der Waals surface area contributed by atoms with Gasteiger partial charge >= 0.3 is 0 Å². The second-order valence-electron chi connectivity index (χ2n) is 2.43. The fourth-order valence-corrected chi connectivity index (χ4v) is 0.720. The summed E-state index contributed by atoms with van der Waals surface area (Å²) in [7, 11) is 1.97. The zero-order valence-electron chi connectivity index (χ0n) is 7.77. The summed E-state index contributed by atoms with van der Waals surface area (Å²) in [5.41, 5.74) is 0. The van der Waals surface area contributed by atoms with E-state index in [0.29, 0.717) is 0 Å². The molecule has 0 saturated heterocycles. The Morgan fingerprint density at radius 2 is 2.00 bits per heavy atom. The van der Waals surface area contributed by atoms with Crippen molar-refractivity contribution in [3.05, 3.63) is 36.7 Å². The summed E-state index contributed by atoms with van der Waals surface area (Å²) >= 11 is 0. The van der Waals surface area contributed by atoms with E-state index in [0.717, 1.165) is 6.42 Å². The molecule has 0 aromatic heterocycles. The molecule has 0 spiro atoms. The maximum Gasteiger partial charge on any atom is 0.0465 e. The van der Waals surface area contributed by atoms with Gasteiger partial charge in [-0.1, -0.05) is 18.2 Å². The van der Waals surface area contributed by atoms with E-state index in [4.69, 9.17) is 5.11 Å². The Labute approximate surface area is 74.5 Å². The number of aliphatic hydroxyl groups is 1. The van der Waals surface area contributed by atoms with Crippen molar-refractivity contribution in [2.24, 2.45) is 0 Å². The molecule has 0 aromatic rings. The molecule has 0 unspecified atom stereocenters. The third-order valence-corrected chi connectivity index (χ3v) is 1.25. The van der Waals surface area contributed by atoms with Crippen LogP contribution in [0.2, 0.25) is 0 Å². The Kier molecular flexibility index (Phi) is 7.39. The number of nitrogens with zero attached hydrogens (tertiary/aromatic N) is 1. The topological polar surface area (TPSA) is 23.5 Å². The summed E-state index contributed by atoms with van der Waals surface area (Å²) in [6.07, 6.45) is 12.4. The van der Waals surface area contributed by atoms with Gasteiger partial charge in [-0.2, -0.15) is 0 Å². The molecule has 0 radical (unpaired) electrons. The number of allylic oxidation sites excluding steroid dienone is 3. The minimum Gasteiger partial charge on any atom is -0.396 e. The third kappa shape index (κ3) is 7.09. The summed E-state index contributed by atoms with van der Waals surface area (Å²) in [5.74, 6) is 0. The molecule has 0 amide bonds. The number of aliphatic hydroxyl groups excluding tert-OH is 1. The van der Waals surface area contributed by atoms with Crippen LogP contribution in [-0.4, -0.2) is 23.7 Å². The van der Waals surface area contributed by atoms with Crippen LogP contribution in [0.1, 0.15) is 13.3 Å². The van der Waals surface area contributed by atoms with Gasteiger partial charge < -0.3 is 10.0 Å². The van der Waals surface area contributed by atoms with Crippen LogP contribution in [0, 0.1) is 0 Å². The zero-order chi connectivity index (χ0) is 9.23. The highest BCUT2D eigenvalue weighted by Crippen LogP contribution is 1.88. The average Bonchev–Trinajstić information content (AvgIpc) is 2.05. The first-order valence-electron chi connectivity index (χ1n) is 4.10. The monoisotopic (exact) mass is 167 g/mol. The predicted octanol–water partition coefficient (Wildman–Crippen LogP) is 1.90. The molecule has 0 aliphatic carbocycles. The van der Waals surface area contributed by atoms with Crippen molar-refractivity contribution < 1.29 is 5.11 Å². The summed E-state index contributed by atoms with van der Waals surface area (Å²) in [4.78, 5) is 1.96. The Morgan fingerprint density at radius 3 is 2.58 bits per heavy atom. The minimum absolute atomic E-state index is 0.217. The molecular formula is C10H17NO. The highest BCUT2D eigenvalue weighted by atomic mass is 16.2. The van der Waals surface area contributed by atoms with Crippen molar-refractivity contribution in [1.82, 2.24) is 4.90 Å². The molecule has 0 fully saturated rings. The van der Waals surface area contributed by atoms with Gasteiger partial charge in [0, 0.05) is 19.9 Å². The van der Waals surface area contributed by atoms with Crippen LogP contribution in [0.3, 0.4) is 0 Å². The van der Waals surface area contributed by atoms with E-state index in [2.05, 4.69) is 0 Å². The molecule has 2 nitrogen and oxygen atoms in total. The molecular weight excluding hydrogens is 150 g/mol. The lowest BCUT2D eigenvalue weighted by Gasteiger charge is -2.04. The Bertz CT molecular complexity index is 171. The fourth-order valence-electron chi connectivity index (χ4n) is 0.720. The number of rotatable bonds is 5. The quantitative estimate of drug-likeness (QED) is 0.632. The molecule has 68 valence electrons. The van der Waals surface area contributed by atoms with E-state index in [1.54, 1.807) is 0 Å². The molecule has 2 heteroatoms. The highest BCUT2D eigenvalue weighted by molar-refractivity contribution is 5.03. The van der Waals surface area contributed by atoms with Crippen molar-refractivity contribution in [3.8, 4) is 0 Å². The van der Waals surface area contributed by atoms with Crippen LogP contribution < -0.4 is 0 Å². The lowest BCUT2D eigenvalue weighted by Crippen LogP contribution is -1.98. The van der Waals surface area contributed by atoms with E-state index < -0.39 is 0 Å². The van der Waals surface area contributed by atoms with Gasteiger partial charge in [0.1, 0.15) is 0 Å². The summed E-state index contributed by atoms with van der Waals surface area (Å²) in [6.45, 7) is 2.20. The Hall–Kier alpha value is -1.02. The van der Waals surface area contributed by atoms with Gasteiger partial charge in [0.25, 0.3) is 0 Å². The maximum absolute atomic E-state index is 8.46. The first-order chi connectivity index (χ1) is 5.81. The summed E-state index contributed by atoms with van der Waals surface area (Å²) in [6, 6.07) is 0. The van der Waals surface area contributed by atoms with E-state index in [9.17, 15) is 0 Å². The SMILES string of the molecule is C/C=C/N(C)/C=C/C=C/CCO. The summed E-state index contributed by atoms with van der Waals surface area (Å²) in [5, 5.41) is 8.46. The van der Waals surface area contributed by atoms with Crippen LogP contribution in [-0.2, 0) is 0 Å². The van der Waals surface area contributed by atoms with Crippen molar-refractivity contribution in [2.45, 2.75) is 13.3 Å². The van der Waals surface area contributed by atoms with E-state index in [1.807, 2.05) is 55.6 Å². The van der Waals surface area contributed by atoms with Gasteiger partial charge in [0.2, 0.25) is 0 Å². The molecule has 0 atom stereocenters. The fraction of sp³-hybridized carbons (Fsp3) is 0.400. The van der Waals surface area contributed by atoms with Crippen molar-refractivity contribution >= 4 is 0 Å². The maximum atomic E-state index is 8.46. The second-order valence-corrected chi connectivity index (χ2v) is 2.43. The van der Waals surface area contributed by atoms with Crippen LogP contribution in [0.5, 0.6) is 0 Å². The largest absolute Gasteiger partial charge is 0.396 e. The number of hydrogen-bond donors (Lipinski definition) is 1. The molecule has 12 heavy (non-hydrogen) atoms. The van der Waals surface area contributed by atoms with Crippen molar-refractivity contribution in [2.75, 3.05) is 13.7 Å². The van der Waals surface area contributed by atoms with E-state index >= 15 is 0 Å². The Morgan fingerprint density at radius 1 is 1.25 bits per heavy atom. The van der Waals surface area contributed by atoms with Gasteiger partial charge in [-0.25, -0.2) is 0 Å². The lowest BCUT2D eigenvalue weighted by molar-refractivity contribution is 0.302. The molecule has 0 bridgehead atoms. The first-order valence-corrected chi connectivity index (χ1v) is 4.10. The number of hydrogen-bond acceptors (Lipinski definition) is 2. The average molecular weight is 167 g/mol. The first kappa shape index (κ1) is 11.0. The molecule has 0 aliphatic rings. The summed E-state index contributed by atoms with van der Waals surface area (Å²) < 4.78 is 0. The van der Waals surface area contributed by atoms with Crippen LogP contribution in [0.4, 0.5) is 0 Å². The van der Waals surface area contributed by atoms with E-state index in [-0.39, 0.29) is 6.61 Å². The van der Waals surface area contributed by atoms with Crippen LogP contribution >= 0.6 is 0 Å². The Balaban J connectivity index is 3.60. The molecule has 1 N–H and O–H groups in total. The standard InChI is InChI=1S/C10H17NO/c1-3-8-11(2)9-6-4-5-7-10-12/h3-6,8-9,12H,7,10H2,1-2H3/b5-4+,8-3+,9-6+. The lowest BCUT2D eigenvalue weighted by atomic mass is 10.4. The van der Waals surface area contributed by atoms with Gasteiger partial charge in [0.05, 0.1) is 0 Å². The van der Waals surface area contributed by atoms with Gasteiger partial charge in [-0.15, -0.1) is 0 Å². The van der Waals surface area contributed by atoms with E-state index in [1.165, 1.54) is 0 Å². The van der Waals surface area contributed by atoms with Crippen molar-refractivity contribution in [1.29, 1.82) is 0 Å². The predicted molar refractivity (Wildman–Crippen MR) is 52.6 cm³/mol. The molecule has 0 aromatic carbocycles.